The summed E-state index contributed by atoms with van der Waals surface area (Å²) in [7, 11) is -2.86. The Bertz CT molecular complexity index is 732. The Hall–Kier alpha value is -2.16. The van der Waals surface area contributed by atoms with Crippen molar-refractivity contribution in [2.75, 3.05) is 0 Å². The fourth-order valence-corrected chi connectivity index (χ4v) is 10.9. The molecule has 0 aliphatic heterocycles. The zero-order chi connectivity index (χ0) is 20.7. The quantitative estimate of drug-likeness (QED) is 0.378. The molecular formula is C27H34OSi. The molecule has 0 spiro atoms. The average Bonchev–Trinajstić information content (AvgIpc) is 2.77. The molecule has 3 aromatic rings. The summed E-state index contributed by atoms with van der Waals surface area (Å²) in [6, 6.07) is 32.1. The van der Waals surface area contributed by atoms with E-state index in [9.17, 15) is 4.80 Å². The van der Waals surface area contributed by atoms with E-state index in [1.165, 1.54) is 16.7 Å². The minimum absolute atomic E-state index is 0.194. The lowest BCUT2D eigenvalue weighted by molar-refractivity contribution is 0.443. The van der Waals surface area contributed by atoms with Gasteiger partial charge in [0, 0.05) is 16.6 Å². The van der Waals surface area contributed by atoms with Crippen molar-refractivity contribution in [2.24, 2.45) is 0 Å². The van der Waals surface area contributed by atoms with Gasteiger partial charge in [0.2, 0.25) is 8.32 Å². The fraction of sp³-hybridized carbons (Fsp3) is 0.333. The van der Waals surface area contributed by atoms with Gasteiger partial charge in [0.25, 0.3) is 0 Å². The molecule has 3 aromatic carbocycles. The lowest BCUT2D eigenvalue weighted by atomic mass is 10.1. The second kappa shape index (κ2) is 10.0. The van der Waals surface area contributed by atoms with Crippen LogP contribution in [0.2, 0.25) is 0 Å². The molecule has 0 radical (unpaired) electrons. The Labute approximate surface area is 177 Å². The summed E-state index contributed by atoms with van der Waals surface area (Å²) < 4.78 is 0. The van der Waals surface area contributed by atoms with Crippen LogP contribution in [0, 0.1) is 0 Å². The van der Waals surface area contributed by atoms with Crippen molar-refractivity contribution in [3.05, 3.63) is 108 Å². The fourth-order valence-electron chi connectivity index (χ4n) is 5.27. The van der Waals surface area contributed by atoms with Crippen molar-refractivity contribution in [3.8, 4) is 0 Å². The van der Waals surface area contributed by atoms with E-state index in [4.69, 9.17) is 0 Å². The molecule has 3 rings (SSSR count). The zero-order valence-electron chi connectivity index (χ0n) is 18.0. The first kappa shape index (κ1) is 21.5. The highest BCUT2D eigenvalue weighted by molar-refractivity contribution is 6.76. The van der Waals surface area contributed by atoms with Crippen LogP contribution in [0.5, 0.6) is 0 Å². The zero-order valence-corrected chi connectivity index (χ0v) is 19.0. The summed E-state index contributed by atoms with van der Waals surface area (Å²) in [5.74, 6) is 0. The summed E-state index contributed by atoms with van der Waals surface area (Å²) in [4.78, 5) is 12.9. The molecule has 0 saturated carbocycles. The molecule has 0 bridgehead atoms. The van der Waals surface area contributed by atoms with Gasteiger partial charge in [-0.1, -0.05) is 112 Å². The highest BCUT2D eigenvalue weighted by Gasteiger charge is 2.52. The molecule has 29 heavy (non-hydrogen) atoms. The van der Waals surface area contributed by atoms with Gasteiger partial charge >= 0.3 is 0 Å². The molecule has 1 N–H and O–H groups in total. The maximum atomic E-state index is 12.9. The lowest BCUT2D eigenvalue weighted by Gasteiger charge is -2.45. The molecule has 0 aliphatic rings. The highest BCUT2D eigenvalue weighted by Crippen LogP contribution is 2.48. The Morgan fingerprint density at radius 3 is 0.966 bits per heavy atom. The summed E-state index contributed by atoms with van der Waals surface area (Å²) in [6.45, 7) is 6.72. The minimum Gasteiger partial charge on any atom is -0.430 e. The first-order valence-corrected chi connectivity index (χ1v) is 13.2. The van der Waals surface area contributed by atoms with E-state index in [1.54, 1.807) is 0 Å². The topological polar surface area (TPSA) is 20.2 Å². The number of rotatable bonds is 9. The van der Waals surface area contributed by atoms with Crippen LogP contribution in [-0.4, -0.2) is 13.1 Å². The van der Waals surface area contributed by atoms with Gasteiger partial charge in [-0.25, -0.2) is 0 Å². The van der Waals surface area contributed by atoms with Crippen molar-refractivity contribution in [1.82, 2.24) is 0 Å². The SMILES string of the molecule is CCC(c1ccccc1)[Si](O)(C(CC)c1ccccc1)C(CC)c1ccccc1. The average molecular weight is 403 g/mol. The summed E-state index contributed by atoms with van der Waals surface area (Å²) in [5, 5.41) is 0. The Morgan fingerprint density at radius 2 is 0.759 bits per heavy atom. The molecule has 0 heterocycles. The van der Waals surface area contributed by atoms with Gasteiger partial charge in [0.05, 0.1) is 0 Å². The monoisotopic (exact) mass is 402 g/mol. The molecule has 0 aromatic heterocycles. The van der Waals surface area contributed by atoms with Crippen molar-refractivity contribution in [3.63, 3.8) is 0 Å². The predicted molar refractivity (Wildman–Crippen MR) is 126 cm³/mol. The van der Waals surface area contributed by atoms with Crippen LogP contribution >= 0.6 is 0 Å². The number of hydrogen-bond donors (Lipinski definition) is 1. The van der Waals surface area contributed by atoms with E-state index in [0.717, 1.165) is 19.3 Å². The van der Waals surface area contributed by atoms with Crippen LogP contribution in [0.4, 0.5) is 0 Å². The van der Waals surface area contributed by atoms with E-state index < -0.39 is 8.32 Å². The normalized spacial score (nSPS) is 16.6. The van der Waals surface area contributed by atoms with E-state index in [-0.39, 0.29) is 16.6 Å². The van der Waals surface area contributed by atoms with Gasteiger partial charge in [-0.15, -0.1) is 0 Å². The van der Waals surface area contributed by atoms with E-state index in [1.807, 2.05) is 0 Å². The molecule has 3 atom stereocenters. The van der Waals surface area contributed by atoms with Gasteiger partial charge in [-0.05, 0) is 36.0 Å². The third kappa shape index (κ3) is 4.39. The molecule has 0 fully saturated rings. The van der Waals surface area contributed by atoms with Crippen LogP contribution in [0.15, 0.2) is 91.0 Å². The maximum absolute atomic E-state index is 12.9. The molecule has 3 unspecified atom stereocenters. The second-order valence-electron chi connectivity index (χ2n) is 8.00. The van der Waals surface area contributed by atoms with Gasteiger partial charge in [0.15, 0.2) is 0 Å². The highest BCUT2D eigenvalue weighted by atomic mass is 28.4. The smallest absolute Gasteiger partial charge is 0.210 e. The minimum atomic E-state index is -2.86. The van der Waals surface area contributed by atoms with Gasteiger partial charge in [-0.2, -0.15) is 0 Å². The molecule has 1 nitrogen and oxygen atoms in total. The van der Waals surface area contributed by atoms with Gasteiger partial charge < -0.3 is 4.80 Å². The predicted octanol–water partition coefficient (Wildman–Crippen LogP) is 7.12. The van der Waals surface area contributed by atoms with Crippen LogP contribution in [0.1, 0.15) is 73.3 Å². The second-order valence-corrected chi connectivity index (χ2v) is 11.9. The van der Waals surface area contributed by atoms with Gasteiger partial charge in [0.1, 0.15) is 0 Å². The molecule has 0 amide bonds. The van der Waals surface area contributed by atoms with Crippen molar-refractivity contribution in [2.45, 2.75) is 56.7 Å². The third-order valence-corrected chi connectivity index (χ3v) is 12.1. The molecular weight excluding hydrogens is 368 g/mol. The number of benzene rings is 3. The molecule has 152 valence electrons. The van der Waals surface area contributed by atoms with Crippen LogP contribution in [0.25, 0.3) is 0 Å². The maximum Gasteiger partial charge on any atom is 0.210 e. The first-order valence-electron chi connectivity index (χ1n) is 11.0. The van der Waals surface area contributed by atoms with Crippen LogP contribution < -0.4 is 0 Å². The molecule has 2 heteroatoms. The van der Waals surface area contributed by atoms with Crippen LogP contribution in [0.3, 0.4) is 0 Å². The van der Waals surface area contributed by atoms with E-state index in [2.05, 4.69) is 112 Å². The standard InChI is InChI=1S/C27H34OSi/c1-4-25(22-16-10-7-11-17-22)29(28,26(5-2)23-18-12-8-13-19-23)27(6-3)24-20-14-9-15-21-24/h7-21,25-28H,4-6H2,1-3H3. The third-order valence-electron chi connectivity index (χ3n) is 6.51. The lowest BCUT2D eigenvalue weighted by Crippen LogP contribution is -2.54. The van der Waals surface area contributed by atoms with Crippen molar-refractivity contribution >= 4 is 8.32 Å². The van der Waals surface area contributed by atoms with Crippen LogP contribution in [-0.2, 0) is 0 Å². The molecule has 0 aliphatic carbocycles. The Kier molecular flexibility index (Phi) is 7.46. The van der Waals surface area contributed by atoms with E-state index >= 15 is 0 Å². The summed E-state index contributed by atoms with van der Waals surface area (Å²) in [6.07, 6.45) is 2.87. The van der Waals surface area contributed by atoms with Crippen molar-refractivity contribution in [1.29, 1.82) is 0 Å². The van der Waals surface area contributed by atoms with E-state index in [0.29, 0.717) is 0 Å². The Morgan fingerprint density at radius 1 is 0.517 bits per heavy atom. The summed E-state index contributed by atoms with van der Waals surface area (Å²) in [5.41, 5.74) is 4.44. The Balaban J connectivity index is 2.21. The van der Waals surface area contributed by atoms with Gasteiger partial charge in [-0.3, -0.25) is 0 Å². The number of hydrogen-bond acceptors (Lipinski definition) is 1. The largest absolute Gasteiger partial charge is 0.430 e. The van der Waals surface area contributed by atoms with Crippen molar-refractivity contribution < 1.29 is 4.80 Å². The first-order chi connectivity index (χ1) is 14.2. The summed E-state index contributed by atoms with van der Waals surface area (Å²) >= 11 is 0. The molecule has 0 saturated heterocycles.